The minimum absolute atomic E-state index is 0.123. The molecular formula is C52H59O3PSi2. The summed E-state index contributed by atoms with van der Waals surface area (Å²) in [6, 6.07) is 63.9. The number of rotatable bonds is 12. The molecule has 0 amide bonds. The van der Waals surface area contributed by atoms with Gasteiger partial charge in [-0.05, 0) is 50.1 Å². The van der Waals surface area contributed by atoms with E-state index in [4.69, 9.17) is 8.85 Å². The van der Waals surface area contributed by atoms with Crippen molar-refractivity contribution >= 4 is 55.1 Å². The highest BCUT2D eigenvalue weighted by molar-refractivity contribution is 7.78. The number of benzene rings is 6. The maximum Gasteiger partial charge on any atom is 0.261 e. The lowest BCUT2D eigenvalue weighted by molar-refractivity contribution is 0.0773. The van der Waals surface area contributed by atoms with Crippen LogP contribution in [-0.2, 0) is 13.4 Å². The van der Waals surface area contributed by atoms with Crippen LogP contribution in [0.4, 0.5) is 0 Å². The Balaban J connectivity index is 1.37. The lowest BCUT2D eigenvalue weighted by Gasteiger charge is -2.49. The van der Waals surface area contributed by atoms with E-state index in [0.717, 1.165) is 29.9 Å². The summed E-state index contributed by atoms with van der Waals surface area (Å²) in [7, 11) is -8.82. The zero-order valence-corrected chi connectivity index (χ0v) is 37.9. The van der Waals surface area contributed by atoms with Gasteiger partial charge >= 0.3 is 0 Å². The highest BCUT2D eigenvalue weighted by Crippen LogP contribution is 2.46. The molecule has 0 radical (unpaired) electrons. The van der Waals surface area contributed by atoms with E-state index < -0.39 is 23.8 Å². The van der Waals surface area contributed by atoms with Crippen LogP contribution in [0.25, 0.3) is 0 Å². The molecule has 6 heteroatoms. The first-order valence-corrected chi connectivity index (χ1v) is 26.5. The molecule has 0 bridgehead atoms. The third kappa shape index (κ3) is 8.39. The van der Waals surface area contributed by atoms with Gasteiger partial charge in [-0.15, -0.1) is 0 Å². The van der Waals surface area contributed by atoms with Gasteiger partial charge in [0.05, 0.1) is 12.2 Å². The van der Waals surface area contributed by atoms with Crippen LogP contribution in [0.15, 0.2) is 194 Å². The van der Waals surface area contributed by atoms with Gasteiger partial charge in [-0.2, -0.15) is 0 Å². The summed E-state index contributed by atoms with van der Waals surface area (Å²) in [5, 5.41) is 6.49. The predicted octanol–water partition coefficient (Wildman–Crippen LogP) is 10.0. The molecule has 0 aromatic heterocycles. The lowest BCUT2D eigenvalue weighted by atomic mass is 9.90. The Kier molecular flexibility index (Phi) is 12.6. The van der Waals surface area contributed by atoms with Gasteiger partial charge in [0.15, 0.2) is 0 Å². The third-order valence-electron chi connectivity index (χ3n) is 12.0. The SMILES string of the molecule is CC(C)(C)[Si](O[C@@H]1CC(=CCP(=O)(c2ccccc2)c2ccccc2)C[C@@H](O[Si](c2ccccc2)(c2ccccc2)C(C)(C)C)C1)(c1ccccc1)c1ccccc1. The molecule has 7 rings (SSSR count). The maximum atomic E-state index is 15.4. The second-order valence-electron chi connectivity index (χ2n) is 17.9. The molecule has 0 heterocycles. The summed E-state index contributed by atoms with van der Waals surface area (Å²) in [5.41, 5.74) is 1.25. The van der Waals surface area contributed by atoms with Crippen LogP contribution in [0.2, 0.25) is 10.1 Å². The van der Waals surface area contributed by atoms with Gasteiger partial charge in [0.1, 0.15) is 7.14 Å². The Hall–Kier alpha value is -4.36. The highest BCUT2D eigenvalue weighted by Gasteiger charge is 2.54. The fourth-order valence-corrected chi connectivity index (χ4v) is 21.2. The van der Waals surface area contributed by atoms with E-state index in [1.807, 2.05) is 60.7 Å². The van der Waals surface area contributed by atoms with Gasteiger partial charge in [-0.25, -0.2) is 0 Å². The minimum Gasteiger partial charge on any atom is -0.404 e. The van der Waals surface area contributed by atoms with Crippen molar-refractivity contribution in [1.29, 1.82) is 0 Å². The summed E-state index contributed by atoms with van der Waals surface area (Å²) in [6.45, 7) is 14.1. The normalized spacial score (nSPS) is 16.8. The van der Waals surface area contributed by atoms with Crippen LogP contribution in [0.1, 0.15) is 60.8 Å². The van der Waals surface area contributed by atoms with E-state index in [-0.39, 0.29) is 22.3 Å². The van der Waals surface area contributed by atoms with Crippen molar-refractivity contribution in [3.8, 4) is 0 Å². The quantitative estimate of drug-likeness (QED) is 0.0701. The first-order chi connectivity index (χ1) is 27.9. The molecule has 0 aliphatic heterocycles. The molecule has 2 atom stereocenters. The standard InChI is InChI=1S/C52H59O3PSi2/c1-51(2,3)57(47-29-17-9-18-30-47,48-31-19-10-20-32-48)54-43-39-42(37-38-56(53,45-25-13-7-14-26-45)46-27-15-8-16-28-46)40-44(41-43)55-58(52(4,5)6,49-33-21-11-22-34-49)50-35-23-12-24-36-50/h7-37,43-44H,38-41H2,1-6H3/t43-,44-/m1/s1. The Morgan fingerprint density at radius 3 is 1.03 bits per heavy atom. The Morgan fingerprint density at radius 2 is 0.759 bits per heavy atom. The number of hydrogen-bond acceptors (Lipinski definition) is 3. The van der Waals surface area contributed by atoms with E-state index in [1.54, 1.807) is 0 Å². The molecule has 0 unspecified atom stereocenters. The van der Waals surface area contributed by atoms with E-state index in [2.05, 4.69) is 169 Å². The molecule has 1 fully saturated rings. The Bertz CT molecular complexity index is 2050. The molecule has 0 spiro atoms. The minimum atomic E-state index is -3.00. The average molecular weight is 819 g/mol. The van der Waals surface area contributed by atoms with E-state index >= 15 is 4.57 Å². The molecule has 0 N–H and O–H groups in total. The van der Waals surface area contributed by atoms with E-state index in [1.165, 1.54) is 26.3 Å². The van der Waals surface area contributed by atoms with Crippen molar-refractivity contribution in [2.45, 2.75) is 83.1 Å². The first-order valence-electron chi connectivity index (χ1n) is 20.8. The zero-order valence-electron chi connectivity index (χ0n) is 35.1. The fourth-order valence-electron chi connectivity index (χ4n) is 9.31. The van der Waals surface area contributed by atoms with Crippen molar-refractivity contribution in [3.05, 3.63) is 194 Å². The Labute approximate surface area is 349 Å². The molecule has 1 aliphatic carbocycles. The van der Waals surface area contributed by atoms with E-state index in [0.29, 0.717) is 6.16 Å². The number of allylic oxidation sites excluding steroid dienone is 1. The van der Waals surface area contributed by atoms with Crippen LogP contribution < -0.4 is 31.4 Å². The monoisotopic (exact) mass is 818 g/mol. The summed E-state index contributed by atoms with van der Waals surface area (Å²) < 4.78 is 31.3. The molecule has 3 nitrogen and oxygen atoms in total. The van der Waals surface area contributed by atoms with Crippen molar-refractivity contribution in [2.24, 2.45) is 0 Å². The summed E-state index contributed by atoms with van der Waals surface area (Å²) in [5.74, 6) is 0. The van der Waals surface area contributed by atoms with Crippen LogP contribution >= 0.6 is 7.14 Å². The van der Waals surface area contributed by atoms with Gasteiger partial charge in [0, 0.05) is 16.8 Å². The highest BCUT2D eigenvalue weighted by atomic mass is 31.2. The van der Waals surface area contributed by atoms with Gasteiger partial charge in [0.2, 0.25) is 0 Å². The second-order valence-corrected chi connectivity index (χ2v) is 29.3. The third-order valence-corrected chi connectivity index (χ3v) is 25.2. The van der Waals surface area contributed by atoms with Crippen molar-refractivity contribution < 1.29 is 13.4 Å². The number of hydrogen-bond donors (Lipinski definition) is 0. The van der Waals surface area contributed by atoms with Crippen molar-refractivity contribution in [2.75, 3.05) is 6.16 Å². The van der Waals surface area contributed by atoms with Gasteiger partial charge in [0.25, 0.3) is 16.6 Å². The first kappa shape index (κ1) is 41.8. The average Bonchev–Trinajstić information content (AvgIpc) is 3.25. The van der Waals surface area contributed by atoms with Crippen LogP contribution in [0, 0.1) is 0 Å². The smallest absolute Gasteiger partial charge is 0.261 e. The van der Waals surface area contributed by atoms with E-state index in [9.17, 15) is 0 Å². The zero-order chi connectivity index (χ0) is 40.9. The molecule has 6 aromatic rings. The summed E-state index contributed by atoms with van der Waals surface area (Å²) in [6.07, 6.45) is 4.77. The molecule has 298 valence electrons. The Morgan fingerprint density at radius 1 is 0.483 bits per heavy atom. The molecule has 58 heavy (non-hydrogen) atoms. The van der Waals surface area contributed by atoms with Crippen molar-refractivity contribution in [3.63, 3.8) is 0 Å². The second kappa shape index (κ2) is 17.5. The molecule has 1 saturated carbocycles. The van der Waals surface area contributed by atoms with Crippen LogP contribution in [0.3, 0.4) is 0 Å². The van der Waals surface area contributed by atoms with Gasteiger partial charge in [-0.3, -0.25) is 0 Å². The topological polar surface area (TPSA) is 35.5 Å². The fraction of sp³-hybridized carbons (Fsp3) is 0.269. The van der Waals surface area contributed by atoms with Crippen LogP contribution in [-0.4, -0.2) is 35.0 Å². The maximum absolute atomic E-state index is 15.4. The summed E-state index contributed by atoms with van der Waals surface area (Å²) in [4.78, 5) is 0. The summed E-state index contributed by atoms with van der Waals surface area (Å²) >= 11 is 0. The lowest BCUT2D eigenvalue weighted by Crippen LogP contribution is -2.69. The van der Waals surface area contributed by atoms with Gasteiger partial charge in [-0.1, -0.05) is 235 Å². The van der Waals surface area contributed by atoms with Crippen molar-refractivity contribution in [1.82, 2.24) is 0 Å². The molecule has 6 aromatic carbocycles. The van der Waals surface area contributed by atoms with Gasteiger partial charge < -0.3 is 13.4 Å². The molecule has 0 saturated heterocycles. The largest absolute Gasteiger partial charge is 0.404 e. The van der Waals surface area contributed by atoms with Crippen LogP contribution in [0.5, 0.6) is 0 Å². The predicted molar refractivity (Wildman–Crippen MR) is 252 cm³/mol. The molecule has 1 aliphatic rings. The molecular weight excluding hydrogens is 760 g/mol.